The number of rotatable bonds is 4. The molecule has 3 aliphatic heterocycles. The number of hydrogen-bond acceptors (Lipinski definition) is 7. The molecule has 0 spiro atoms. The number of phenolic OH excluding ortho intramolecular Hbond substituents is 1. The van der Waals surface area contributed by atoms with Gasteiger partial charge in [0.15, 0.2) is 5.82 Å². The predicted octanol–water partition coefficient (Wildman–Crippen LogP) is 5.03. The highest BCUT2D eigenvalue weighted by Crippen LogP contribution is 2.44. The smallest absolute Gasteiger partial charge is 0.407 e. The molecule has 2 atom stereocenters. The molecule has 41 heavy (non-hydrogen) atoms. The summed E-state index contributed by atoms with van der Waals surface area (Å²) in [5.74, 6) is 0.453. The molecular formula is C30H30ClFN6O3. The lowest BCUT2D eigenvalue weighted by Gasteiger charge is -2.43. The molecule has 1 aromatic heterocycles. The van der Waals surface area contributed by atoms with Gasteiger partial charge in [0, 0.05) is 43.2 Å². The summed E-state index contributed by atoms with van der Waals surface area (Å²) in [5, 5.41) is 22.4. The normalized spacial score (nSPS) is 20.9. The van der Waals surface area contributed by atoms with Gasteiger partial charge in [0.05, 0.1) is 17.1 Å². The van der Waals surface area contributed by atoms with Gasteiger partial charge in [-0.05, 0) is 61.5 Å². The standard InChI is InChI=1S/C30H30ClFN6O3/c1-35(2)17-14-36(15-17)29-33-27-21(28(34-29)37-9-7-24-23(37)8-10-38(24)30(40)41)13-22(31)25(26(27)32)20-12-18(39)11-16-5-3-4-6-19(16)20/h3-6,11-13,17,23-24,39H,7-10,14-15H2,1-2H3,(H,40,41). The van der Waals surface area contributed by atoms with E-state index in [2.05, 4.69) is 9.80 Å². The average molecular weight is 577 g/mol. The van der Waals surface area contributed by atoms with E-state index >= 15 is 4.39 Å². The molecule has 212 valence electrons. The molecule has 2 N–H and O–H groups in total. The Morgan fingerprint density at radius 2 is 1.80 bits per heavy atom. The Kier molecular flexibility index (Phi) is 6.09. The first-order chi connectivity index (χ1) is 19.7. The van der Waals surface area contributed by atoms with Crippen LogP contribution in [0, 0.1) is 5.82 Å². The number of halogens is 2. The molecule has 0 bridgehead atoms. The van der Waals surface area contributed by atoms with E-state index in [-0.39, 0.29) is 33.9 Å². The van der Waals surface area contributed by atoms with Gasteiger partial charge in [-0.2, -0.15) is 4.98 Å². The number of aromatic hydroxyl groups is 1. The summed E-state index contributed by atoms with van der Waals surface area (Å²) in [5.41, 5.74) is 0.813. The van der Waals surface area contributed by atoms with Gasteiger partial charge < -0.3 is 29.8 Å². The van der Waals surface area contributed by atoms with Gasteiger partial charge in [-0.25, -0.2) is 14.2 Å². The van der Waals surface area contributed by atoms with Crippen molar-refractivity contribution in [2.24, 2.45) is 0 Å². The van der Waals surface area contributed by atoms with E-state index in [0.717, 1.165) is 23.9 Å². The van der Waals surface area contributed by atoms with Crippen LogP contribution in [0.3, 0.4) is 0 Å². The summed E-state index contributed by atoms with van der Waals surface area (Å²) in [4.78, 5) is 29.4. The Morgan fingerprint density at radius 3 is 2.56 bits per heavy atom. The number of nitrogens with zero attached hydrogens (tertiary/aromatic N) is 6. The minimum Gasteiger partial charge on any atom is -0.508 e. The van der Waals surface area contributed by atoms with Crippen LogP contribution in [-0.4, -0.2) is 94.5 Å². The van der Waals surface area contributed by atoms with Gasteiger partial charge in [0.2, 0.25) is 5.95 Å². The van der Waals surface area contributed by atoms with Crippen molar-refractivity contribution >= 4 is 51.1 Å². The third kappa shape index (κ3) is 4.11. The SMILES string of the molecule is CN(C)C1CN(c2nc(N3CCC4C3CCN4C(=O)O)c3cc(Cl)c(-c4cc(O)cc5ccccc45)c(F)c3n2)C1. The molecule has 2 unspecified atom stereocenters. The molecule has 3 fully saturated rings. The highest BCUT2D eigenvalue weighted by atomic mass is 35.5. The third-order valence-electron chi connectivity index (χ3n) is 8.94. The monoisotopic (exact) mass is 576 g/mol. The molecule has 3 aromatic carbocycles. The molecule has 0 aliphatic carbocycles. The fraction of sp³-hybridized carbons (Fsp3) is 0.367. The van der Waals surface area contributed by atoms with Gasteiger partial charge in [0.1, 0.15) is 17.1 Å². The fourth-order valence-electron chi connectivity index (χ4n) is 6.71. The number of fused-ring (bicyclic) bond motifs is 3. The lowest BCUT2D eigenvalue weighted by atomic mass is 9.96. The average Bonchev–Trinajstić information content (AvgIpc) is 3.50. The van der Waals surface area contributed by atoms with Gasteiger partial charge in [-0.1, -0.05) is 35.9 Å². The van der Waals surface area contributed by atoms with E-state index in [1.807, 2.05) is 43.3 Å². The predicted molar refractivity (Wildman–Crippen MR) is 158 cm³/mol. The summed E-state index contributed by atoms with van der Waals surface area (Å²) in [6.45, 7) is 2.49. The summed E-state index contributed by atoms with van der Waals surface area (Å²) in [6.07, 6.45) is 0.432. The van der Waals surface area contributed by atoms with Crippen molar-refractivity contribution in [3.05, 3.63) is 53.3 Å². The van der Waals surface area contributed by atoms with Gasteiger partial charge in [-0.3, -0.25) is 0 Å². The number of hydrogen-bond donors (Lipinski definition) is 2. The number of carboxylic acid groups (broad SMARTS) is 1. The van der Waals surface area contributed by atoms with Crippen LogP contribution < -0.4 is 9.80 Å². The summed E-state index contributed by atoms with van der Waals surface area (Å²) in [7, 11) is 4.06. The number of aromatic nitrogens is 2. The van der Waals surface area contributed by atoms with Crippen molar-refractivity contribution in [2.75, 3.05) is 50.1 Å². The Balaban J connectivity index is 1.42. The van der Waals surface area contributed by atoms with E-state index in [4.69, 9.17) is 21.6 Å². The minimum atomic E-state index is -0.917. The van der Waals surface area contributed by atoms with Gasteiger partial charge >= 0.3 is 6.09 Å². The number of carbonyl (C=O) groups is 1. The maximum Gasteiger partial charge on any atom is 0.407 e. The highest BCUT2D eigenvalue weighted by Gasteiger charge is 2.46. The molecule has 3 saturated heterocycles. The zero-order chi connectivity index (χ0) is 28.6. The zero-order valence-electron chi connectivity index (χ0n) is 22.8. The Hall–Kier alpha value is -3.89. The summed E-state index contributed by atoms with van der Waals surface area (Å²) in [6, 6.07) is 12.5. The minimum absolute atomic E-state index is 0.0148. The molecule has 4 heterocycles. The maximum absolute atomic E-state index is 16.8. The first-order valence-electron chi connectivity index (χ1n) is 13.8. The molecule has 0 radical (unpaired) electrons. The summed E-state index contributed by atoms with van der Waals surface area (Å²) >= 11 is 6.85. The number of benzene rings is 3. The van der Waals surface area contributed by atoms with Crippen molar-refractivity contribution < 1.29 is 19.4 Å². The van der Waals surface area contributed by atoms with Crippen molar-refractivity contribution in [2.45, 2.75) is 31.0 Å². The second kappa shape index (κ2) is 9.60. The van der Waals surface area contributed by atoms with E-state index in [0.29, 0.717) is 54.7 Å². The van der Waals surface area contributed by atoms with Crippen molar-refractivity contribution in [1.29, 1.82) is 0 Å². The molecule has 4 aromatic rings. The third-order valence-corrected chi connectivity index (χ3v) is 9.23. The van der Waals surface area contributed by atoms with Crippen LogP contribution in [0.1, 0.15) is 12.8 Å². The Morgan fingerprint density at radius 1 is 1.05 bits per heavy atom. The number of anilines is 2. The van der Waals surface area contributed by atoms with Crippen LogP contribution in [0.2, 0.25) is 5.02 Å². The zero-order valence-corrected chi connectivity index (χ0v) is 23.5. The lowest BCUT2D eigenvalue weighted by Crippen LogP contribution is -2.58. The molecule has 1 amide bonds. The first-order valence-corrected chi connectivity index (χ1v) is 14.2. The molecule has 3 aliphatic rings. The number of phenols is 1. The van der Waals surface area contributed by atoms with E-state index < -0.39 is 11.9 Å². The van der Waals surface area contributed by atoms with E-state index in [1.165, 1.54) is 11.0 Å². The van der Waals surface area contributed by atoms with Crippen LogP contribution in [0.15, 0.2) is 42.5 Å². The molecule has 0 saturated carbocycles. The van der Waals surface area contributed by atoms with Crippen molar-refractivity contribution in [3.63, 3.8) is 0 Å². The Bertz CT molecular complexity index is 1710. The number of likely N-dealkylation sites (N-methyl/N-ethyl adjacent to an activating group) is 1. The fourth-order valence-corrected chi connectivity index (χ4v) is 7.00. The molecular weight excluding hydrogens is 547 g/mol. The van der Waals surface area contributed by atoms with Crippen LogP contribution in [0.5, 0.6) is 5.75 Å². The lowest BCUT2D eigenvalue weighted by molar-refractivity contribution is 0.140. The van der Waals surface area contributed by atoms with Crippen LogP contribution in [-0.2, 0) is 0 Å². The molecule has 7 rings (SSSR count). The number of likely N-dealkylation sites (tertiary alicyclic amines) is 1. The number of amides is 1. The van der Waals surface area contributed by atoms with Crippen molar-refractivity contribution in [3.8, 4) is 16.9 Å². The van der Waals surface area contributed by atoms with Crippen LogP contribution in [0.4, 0.5) is 21.0 Å². The van der Waals surface area contributed by atoms with Gasteiger partial charge in [0.25, 0.3) is 0 Å². The Labute approximate surface area is 241 Å². The molecule has 9 nitrogen and oxygen atoms in total. The quantitative estimate of drug-likeness (QED) is 0.349. The highest BCUT2D eigenvalue weighted by molar-refractivity contribution is 6.35. The maximum atomic E-state index is 16.8. The van der Waals surface area contributed by atoms with E-state index in [1.54, 1.807) is 12.1 Å². The topological polar surface area (TPSA) is 96.3 Å². The van der Waals surface area contributed by atoms with Crippen LogP contribution >= 0.6 is 11.6 Å². The van der Waals surface area contributed by atoms with E-state index in [9.17, 15) is 15.0 Å². The first kappa shape index (κ1) is 26.0. The van der Waals surface area contributed by atoms with Gasteiger partial charge in [-0.15, -0.1) is 0 Å². The van der Waals surface area contributed by atoms with Crippen molar-refractivity contribution in [1.82, 2.24) is 19.8 Å². The molecule has 11 heteroatoms. The van der Waals surface area contributed by atoms with Crippen LogP contribution in [0.25, 0.3) is 32.8 Å². The second-order valence-corrected chi connectivity index (χ2v) is 11.8. The largest absolute Gasteiger partial charge is 0.508 e. The summed E-state index contributed by atoms with van der Waals surface area (Å²) < 4.78 is 16.8. The second-order valence-electron chi connectivity index (χ2n) is 11.4.